The third kappa shape index (κ3) is 4.10. The van der Waals surface area contributed by atoms with Gasteiger partial charge >= 0.3 is 12.0 Å². The van der Waals surface area contributed by atoms with E-state index >= 15 is 0 Å². The summed E-state index contributed by atoms with van der Waals surface area (Å²) in [4.78, 5) is 35.0. The number of rotatable bonds is 5. The van der Waals surface area contributed by atoms with Crippen LogP contribution in [0.25, 0.3) is 0 Å². The maximum atomic E-state index is 11.7. The van der Waals surface area contributed by atoms with Crippen molar-refractivity contribution >= 4 is 29.7 Å². The van der Waals surface area contributed by atoms with E-state index in [9.17, 15) is 14.4 Å². The summed E-state index contributed by atoms with van der Waals surface area (Å²) >= 11 is 1.40. The van der Waals surface area contributed by atoms with Gasteiger partial charge in [0.25, 0.3) is 0 Å². The fraction of sp³-hybridized carbons (Fsp3) is 0.700. The molecule has 0 radical (unpaired) electrons. The summed E-state index contributed by atoms with van der Waals surface area (Å²) in [5.74, 6) is -0.370. The van der Waals surface area contributed by atoms with E-state index in [0.717, 1.165) is 0 Å². The third-order valence-electron chi connectivity index (χ3n) is 2.43. The Morgan fingerprint density at radius 2 is 2.11 bits per heavy atom. The zero-order chi connectivity index (χ0) is 13.5. The summed E-state index contributed by atoms with van der Waals surface area (Å²) in [6, 6.07) is -1.21. The first-order valence-electron chi connectivity index (χ1n) is 5.68. The minimum absolute atomic E-state index is 0.136. The van der Waals surface area contributed by atoms with Crippen LogP contribution in [0.1, 0.15) is 13.3 Å². The lowest BCUT2D eigenvalue weighted by Crippen LogP contribution is -2.47. The van der Waals surface area contributed by atoms with Crippen molar-refractivity contribution in [1.29, 1.82) is 0 Å². The molecule has 0 aromatic heterocycles. The van der Waals surface area contributed by atoms with E-state index in [1.165, 1.54) is 16.7 Å². The molecule has 0 aliphatic carbocycles. The van der Waals surface area contributed by atoms with Crippen molar-refractivity contribution in [2.45, 2.75) is 19.4 Å². The number of hydrogen-bond donors (Lipinski definition) is 3. The van der Waals surface area contributed by atoms with E-state index < -0.39 is 18.0 Å². The molecule has 102 valence electrons. The van der Waals surface area contributed by atoms with E-state index in [0.29, 0.717) is 18.2 Å². The second kappa shape index (κ2) is 7.10. The first-order valence-corrected chi connectivity index (χ1v) is 6.83. The van der Waals surface area contributed by atoms with E-state index in [1.807, 2.05) is 6.92 Å². The number of nitrogens with one attached hydrogen (secondary N) is 2. The maximum absolute atomic E-state index is 11.7. The standard InChI is InChI=1S/C10H17N3O4S/c1-2-11-8(14)3-4-12-10(17)13-6-18-5-7(13)9(15)16/h7H,2-6H2,1H3,(H,11,14)(H,12,17)(H,15,16). The highest BCUT2D eigenvalue weighted by Gasteiger charge is 2.34. The van der Waals surface area contributed by atoms with Crippen molar-refractivity contribution in [3.8, 4) is 0 Å². The highest BCUT2D eigenvalue weighted by atomic mass is 32.2. The number of carbonyl (C=O) groups excluding carboxylic acids is 2. The lowest BCUT2D eigenvalue weighted by Gasteiger charge is -2.20. The van der Waals surface area contributed by atoms with Gasteiger partial charge in [0, 0.05) is 25.3 Å². The summed E-state index contributed by atoms with van der Waals surface area (Å²) in [6.07, 6.45) is 0.193. The van der Waals surface area contributed by atoms with Crippen molar-refractivity contribution in [2.75, 3.05) is 24.7 Å². The molecule has 1 saturated heterocycles. The Balaban J connectivity index is 2.32. The highest BCUT2D eigenvalue weighted by Crippen LogP contribution is 2.20. The number of amides is 3. The molecular weight excluding hydrogens is 258 g/mol. The van der Waals surface area contributed by atoms with Crippen LogP contribution in [0.15, 0.2) is 0 Å². The van der Waals surface area contributed by atoms with Crippen LogP contribution < -0.4 is 10.6 Å². The number of urea groups is 1. The van der Waals surface area contributed by atoms with Crippen LogP contribution in [-0.2, 0) is 9.59 Å². The van der Waals surface area contributed by atoms with Crippen molar-refractivity contribution < 1.29 is 19.5 Å². The second-order valence-corrected chi connectivity index (χ2v) is 4.76. The van der Waals surface area contributed by atoms with Gasteiger partial charge in [-0.1, -0.05) is 0 Å². The van der Waals surface area contributed by atoms with Crippen LogP contribution in [-0.4, -0.2) is 58.7 Å². The zero-order valence-corrected chi connectivity index (χ0v) is 11.0. The monoisotopic (exact) mass is 275 g/mol. The van der Waals surface area contributed by atoms with Crippen molar-refractivity contribution in [2.24, 2.45) is 0 Å². The molecule has 1 aliphatic heterocycles. The molecule has 1 atom stereocenters. The average molecular weight is 275 g/mol. The molecule has 0 bridgehead atoms. The van der Waals surface area contributed by atoms with Gasteiger partial charge in [-0.15, -0.1) is 11.8 Å². The molecule has 7 nitrogen and oxygen atoms in total. The molecule has 1 aliphatic rings. The van der Waals surface area contributed by atoms with Gasteiger partial charge in [0.05, 0.1) is 5.88 Å². The molecule has 1 unspecified atom stereocenters. The number of aliphatic carboxylic acids is 1. The summed E-state index contributed by atoms with van der Waals surface area (Å²) in [5.41, 5.74) is 0. The number of carboxylic acids is 1. The van der Waals surface area contributed by atoms with Crippen LogP contribution in [0, 0.1) is 0 Å². The Labute approximate surface area is 109 Å². The molecule has 1 heterocycles. The van der Waals surface area contributed by atoms with E-state index in [-0.39, 0.29) is 18.9 Å². The van der Waals surface area contributed by atoms with Gasteiger partial charge in [-0.05, 0) is 6.92 Å². The minimum atomic E-state index is -1.00. The fourth-order valence-electron chi connectivity index (χ4n) is 1.52. The van der Waals surface area contributed by atoms with E-state index in [4.69, 9.17) is 5.11 Å². The minimum Gasteiger partial charge on any atom is -0.480 e. The Bertz CT molecular complexity index is 337. The summed E-state index contributed by atoms with van der Waals surface area (Å²) in [6.45, 7) is 2.57. The number of hydrogen-bond acceptors (Lipinski definition) is 4. The number of nitrogens with zero attached hydrogens (tertiary/aromatic N) is 1. The van der Waals surface area contributed by atoms with Gasteiger partial charge in [0.2, 0.25) is 5.91 Å². The fourth-order valence-corrected chi connectivity index (χ4v) is 2.66. The lowest BCUT2D eigenvalue weighted by molar-refractivity contribution is -0.140. The topological polar surface area (TPSA) is 98.7 Å². The molecule has 1 rings (SSSR count). The number of thioether (sulfide) groups is 1. The molecule has 18 heavy (non-hydrogen) atoms. The molecule has 3 amide bonds. The normalized spacial score (nSPS) is 18.5. The van der Waals surface area contributed by atoms with Gasteiger partial charge in [-0.25, -0.2) is 9.59 Å². The zero-order valence-electron chi connectivity index (χ0n) is 10.1. The molecule has 0 spiro atoms. The van der Waals surface area contributed by atoms with Crippen LogP contribution in [0.4, 0.5) is 4.79 Å². The van der Waals surface area contributed by atoms with Crippen LogP contribution in [0.2, 0.25) is 0 Å². The lowest BCUT2D eigenvalue weighted by atomic mass is 10.3. The molecule has 1 fully saturated rings. The Morgan fingerprint density at radius 1 is 1.39 bits per heavy atom. The van der Waals surface area contributed by atoms with Crippen molar-refractivity contribution in [1.82, 2.24) is 15.5 Å². The van der Waals surface area contributed by atoms with E-state index in [1.54, 1.807) is 0 Å². The molecular formula is C10H17N3O4S. The Morgan fingerprint density at radius 3 is 2.72 bits per heavy atom. The van der Waals surface area contributed by atoms with Crippen LogP contribution >= 0.6 is 11.8 Å². The van der Waals surface area contributed by atoms with Gasteiger partial charge in [0.15, 0.2) is 0 Å². The summed E-state index contributed by atoms with van der Waals surface area (Å²) < 4.78 is 0. The SMILES string of the molecule is CCNC(=O)CCNC(=O)N1CSCC1C(=O)O. The highest BCUT2D eigenvalue weighted by molar-refractivity contribution is 7.99. The Kier molecular flexibility index (Phi) is 5.76. The first kappa shape index (κ1) is 14.6. The predicted molar refractivity (Wildman–Crippen MR) is 67.3 cm³/mol. The quantitative estimate of drug-likeness (QED) is 0.639. The Hall–Kier alpha value is -1.44. The third-order valence-corrected chi connectivity index (χ3v) is 3.44. The van der Waals surface area contributed by atoms with Crippen LogP contribution in [0.5, 0.6) is 0 Å². The van der Waals surface area contributed by atoms with Crippen LogP contribution in [0.3, 0.4) is 0 Å². The average Bonchev–Trinajstić information content (AvgIpc) is 2.78. The summed E-state index contributed by atoms with van der Waals surface area (Å²) in [7, 11) is 0. The van der Waals surface area contributed by atoms with Crippen molar-refractivity contribution in [3.05, 3.63) is 0 Å². The number of carboxylic acid groups (broad SMARTS) is 1. The molecule has 0 aromatic carbocycles. The second-order valence-electron chi connectivity index (χ2n) is 3.76. The smallest absolute Gasteiger partial charge is 0.327 e. The predicted octanol–water partition coefficient (Wildman–Crippen LogP) is -0.318. The summed E-state index contributed by atoms with van der Waals surface area (Å²) in [5, 5.41) is 14.1. The van der Waals surface area contributed by atoms with Gasteiger partial charge in [0.1, 0.15) is 6.04 Å². The maximum Gasteiger partial charge on any atom is 0.327 e. The van der Waals surface area contributed by atoms with Gasteiger partial charge in [-0.2, -0.15) is 0 Å². The largest absolute Gasteiger partial charge is 0.480 e. The number of carbonyl (C=O) groups is 3. The molecule has 3 N–H and O–H groups in total. The van der Waals surface area contributed by atoms with Gasteiger partial charge in [-0.3, -0.25) is 4.79 Å². The first-order chi connectivity index (χ1) is 8.56. The molecule has 0 saturated carbocycles. The molecule has 0 aromatic rings. The van der Waals surface area contributed by atoms with Gasteiger partial charge < -0.3 is 20.6 Å². The van der Waals surface area contributed by atoms with Crippen molar-refractivity contribution in [3.63, 3.8) is 0 Å². The van der Waals surface area contributed by atoms with E-state index in [2.05, 4.69) is 10.6 Å². The molecule has 8 heteroatoms.